The molecule has 0 saturated carbocycles. The molecule has 9 nitrogen and oxygen atoms in total. The lowest BCUT2D eigenvalue weighted by atomic mass is 10.2. The third kappa shape index (κ3) is 5.22. The number of ether oxygens (including phenoxy) is 1. The zero-order valence-electron chi connectivity index (χ0n) is 18.2. The molecule has 1 N–H and O–H groups in total. The number of rotatable bonds is 5. The smallest absolute Gasteiger partial charge is 0.493 e. The van der Waals surface area contributed by atoms with Crippen molar-refractivity contribution in [2.24, 2.45) is 0 Å². The van der Waals surface area contributed by atoms with Gasteiger partial charge in [-0.05, 0) is 49.0 Å². The molecule has 0 unspecified atom stereocenters. The van der Waals surface area contributed by atoms with Crippen molar-refractivity contribution >= 4 is 5.91 Å². The molecule has 34 heavy (non-hydrogen) atoms. The van der Waals surface area contributed by atoms with E-state index in [1.165, 1.54) is 29.1 Å². The predicted molar refractivity (Wildman–Crippen MR) is 115 cm³/mol. The van der Waals surface area contributed by atoms with Crippen LogP contribution in [0.4, 0.5) is 13.2 Å². The number of nitrogens with zero attached hydrogens (tertiary/aromatic N) is 5. The van der Waals surface area contributed by atoms with Gasteiger partial charge in [0.25, 0.3) is 5.91 Å². The Labute approximate surface area is 192 Å². The fourth-order valence-electron chi connectivity index (χ4n) is 3.69. The molecular formula is C22H22F3N5O4. The lowest BCUT2D eigenvalue weighted by Gasteiger charge is -2.32. The number of carbonyl (C=O) groups is 1. The number of imidazole rings is 1. The number of benzene rings is 1. The Morgan fingerprint density at radius 1 is 1.12 bits per heavy atom. The molecule has 12 heteroatoms. The van der Waals surface area contributed by atoms with Gasteiger partial charge < -0.3 is 19.6 Å². The third-order valence-corrected chi connectivity index (χ3v) is 5.45. The standard InChI is InChI=1S/C22H22F3N5O4/c1-27-8-10-28(11-9-27)20(32)18-12-15(6-7-26-18)13-29-14-19(31)30(21(29)33)16-2-4-17(5-3-16)34-22(23,24)25/h2-7,12,14,31H,8-11,13H2,1H3. The van der Waals surface area contributed by atoms with E-state index in [0.717, 1.165) is 29.8 Å². The fourth-order valence-corrected chi connectivity index (χ4v) is 3.69. The highest BCUT2D eigenvalue weighted by Crippen LogP contribution is 2.24. The van der Waals surface area contributed by atoms with Gasteiger partial charge in [0.1, 0.15) is 11.4 Å². The Kier molecular flexibility index (Phi) is 6.33. The Bertz CT molecular complexity index is 1230. The Morgan fingerprint density at radius 3 is 2.44 bits per heavy atom. The van der Waals surface area contributed by atoms with Crippen molar-refractivity contribution in [3.8, 4) is 17.3 Å². The molecule has 0 radical (unpaired) electrons. The molecule has 2 aromatic heterocycles. The predicted octanol–water partition coefficient (Wildman–Crippen LogP) is 2.07. The van der Waals surface area contributed by atoms with Crippen molar-refractivity contribution in [1.29, 1.82) is 0 Å². The Balaban J connectivity index is 1.52. The summed E-state index contributed by atoms with van der Waals surface area (Å²) in [5.41, 5.74) is 0.446. The van der Waals surface area contributed by atoms with E-state index in [2.05, 4.69) is 14.6 Å². The first kappa shape index (κ1) is 23.4. The number of pyridine rings is 1. The van der Waals surface area contributed by atoms with E-state index >= 15 is 0 Å². The van der Waals surface area contributed by atoms with Gasteiger partial charge in [0.2, 0.25) is 5.88 Å². The summed E-state index contributed by atoms with van der Waals surface area (Å²) in [5, 5.41) is 10.3. The second kappa shape index (κ2) is 9.21. The molecule has 1 aliphatic heterocycles. The average Bonchev–Trinajstić information content (AvgIpc) is 3.06. The van der Waals surface area contributed by atoms with Crippen LogP contribution in [0.3, 0.4) is 0 Å². The van der Waals surface area contributed by atoms with E-state index < -0.39 is 23.7 Å². The first-order valence-electron chi connectivity index (χ1n) is 10.4. The highest BCUT2D eigenvalue weighted by Gasteiger charge is 2.31. The van der Waals surface area contributed by atoms with E-state index in [1.807, 2.05) is 7.05 Å². The van der Waals surface area contributed by atoms with Crippen LogP contribution in [-0.4, -0.2) is 74.5 Å². The van der Waals surface area contributed by atoms with Crippen LogP contribution in [0.2, 0.25) is 0 Å². The summed E-state index contributed by atoms with van der Waals surface area (Å²) in [6, 6.07) is 7.81. The number of carbonyl (C=O) groups excluding carboxylic acids is 1. The average molecular weight is 477 g/mol. The third-order valence-electron chi connectivity index (χ3n) is 5.45. The lowest BCUT2D eigenvalue weighted by molar-refractivity contribution is -0.274. The molecule has 1 aliphatic rings. The Hall–Kier alpha value is -3.80. The van der Waals surface area contributed by atoms with Crippen LogP contribution in [0, 0.1) is 0 Å². The number of aromatic nitrogens is 3. The van der Waals surface area contributed by atoms with Crippen molar-refractivity contribution in [3.63, 3.8) is 0 Å². The van der Waals surface area contributed by atoms with Gasteiger partial charge in [-0.2, -0.15) is 0 Å². The van der Waals surface area contributed by atoms with E-state index in [9.17, 15) is 27.9 Å². The molecule has 4 rings (SSSR count). The van der Waals surface area contributed by atoms with Gasteiger partial charge in [0.05, 0.1) is 18.4 Å². The number of hydrogen-bond donors (Lipinski definition) is 1. The number of amides is 1. The first-order chi connectivity index (χ1) is 16.1. The topological polar surface area (TPSA) is 92.8 Å². The normalized spacial score (nSPS) is 14.9. The van der Waals surface area contributed by atoms with Crippen LogP contribution in [0.15, 0.2) is 53.6 Å². The molecule has 180 valence electrons. The summed E-state index contributed by atoms with van der Waals surface area (Å²) in [6.45, 7) is 2.81. The van der Waals surface area contributed by atoms with Crippen LogP contribution in [0.25, 0.3) is 5.69 Å². The van der Waals surface area contributed by atoms with Crippen molar-refractivity contribution in [2.45, 2.75) is 12.9 Å². The summed E-state index contributed by atoms with van der Waals surface area (Å²) < 4.78 is 43.1. The summed E-state index contributed by atoms with van der Waals surface area (Å²) in [7, 11) is 1.99. The SMILES string of the molecule is CN1CCN(C(=O)c2cc(Cn3cc(O)n(-c4ccc(OC(F)(F)F)cc4)c3=O)ccn2)CC1. The maximum Gasteiger partial charge on any atom is 0.573 e. The lowest BCUT2D eigenvalue weighted by Crippen LogP contribution is -2.47. The minimum atomic E-state index is -4.83. The molecule has 1 aromatic carbocycles. The summed E-state index contributed by atoms with van der Waals surface area (Å²) >= 11 is 0. The molecule has 0 bridgehead atoms. The zero-order valence-corrected chi connectivity index (χ0v) is 18.2. The van der Waals surface area contributed by atoms with E-state index in [-0.39, 0.29) is 23.8 Å². The molecular weight excluding hydrogens is 455 g/mol. The summed E-state index contributed by atoms with van der Waals surface area (Å²) in [6.07, 6.45) is -2.14. The highest BCUT2D eigenvalue weighted by molar-refractivity contribution is 5.92. The molecule has 0 spiro atoms. The molecule has 0 atom stereocenters. The molecule has 3 heterocycles. The monoisotopic (exact) mass is 477 g/mol. The maximum atomic E-state index is 12.9. The van der Waals surface area contributed by atoms with Gasteiger partial charge in [0, 0.05) is 32.4 Å². The van der Waals surface area contributed by atoms with Gasteiger partial charge in [-0.3, -0.25) is 14.3 Å². The van der Waals surface area contributed by atoms with Crippen molar-refractivity contribution in [1.82, 2.24) is 23.9 Å². The van der Waals surface area contributed by atoms with Crippen molar-refractivity contribution < 1.29 is 27.8 Å². The number of hydrogen-bond acceptors (Lipinski definition) is 6. The summed E-state index contributed by atoms with van der Waals surface area (Å²) in [5.74, 6) is -1.03. The van der Waals surface area contributed by atoms with Gasteiger partial charge >= 0.3 is 12.1 Å². The van der Waals surface area contributed by atoms with Crippen LogP contribution in [-0.2, 0) is 6.54 Å². The van der Waals surface area contributed by atoms with E-state index in [1.54, 1.807) is 17.0 Å². The minimum absolute atomic E-state index is 0.0558. The second-order valence-electron chi connectivity index (χ2n) is 7.92. The van der Waals surface area contributed by atoms with E-state index in [4.69, 9.17) is 0 Å². The number of alkyl halides is 3. The van der Waals surface area contributed by atoms with Crippen LogP contribution in [0.1, 0.15) is 16.1 Å². The number of aromatic hydroxyl groups is 1. The first-order valence-corrected chi connectivity index (χ1v) is 10.4. The molecule has 0 aliphatic carbocycles. The molecule has 1 fully saturated rings. The fraction of sp³-hybridized carbons (Fsp3) is 0.318. The Morgan fingerprint density at radius 2 is 1.79 bits per heavy atom. The minimum Gasteiger partial charge on any atom is -0.493 e. The molecule has 1 amide bonds. The van der Waals surface area contributed by atoms with E-state index in [0.29, 0.717) is 18.7 Å². The molecule has 3 aromatic rings. The quantitative estimate of drug-likeness (QED) is 0.605. The number of piperazine rings is 1. The number of halogens is 3. The van der Waals surface area contributed by atoms with Crippen molar-refractivity contribution in [3.05, 3.63) is 70.5 Å². The maximum absolute atomic E-state index is 12.9. The largest absolute Gasteiger partial charge is 0.573 e. The van der Waals surface area contributed by atoms with Gasteiger partial charge in [-0.15, -0.1) is 13.2 Å². The summed E-state index contributed by atoms with van der Waals surface area (Å²) in [4.78, 5) is 33.7. The second-order valence-corrected chi connectivity index (χ2v) is 7.92. The van der Waals surface area contributed by atoms with Crippen LogP contribution >= 0.6 is 0 Å². The van der Waals surface area contributed by atoms with Crippen LogP contribution < -0.4 is 10.4 Å². The van der Waals surface area contributed by atoms with Crippen LogP contribution in [0.5, 0.6) is 11.6 Å². The van der Waals surface area contributed by atoms with Gasteiger partial charge in [0.15, 0.2) is 0 Å². The highest BCUT2D eigenvalue weighted by atomic mass is 19.4. The molecule has 1 saturated heterocycles. The van der Waals surface area contributed by atoms with Gasteiger partial charge in [-0.1, -0.05) is 0 Å². The zero-order chi connectivity index (χ0) is 24.5. The number of likely N-dealkylation sites (N-methyl/N-ethyl adjacent to an activating group) is 1. The van der Waals surface area contributed by atoms with Crippen molar-refractivity contribution in [2.75, 3.05) is 33.2 Å². The van der Waals surface area contributed by atoms with Gasteiger partial charge in [-0.25, -0.2) is 9.36 Å².